The molecular formula is C23H27N3O5S. The number of aryl methyl sites for hydroxylation is 1. The number of nitrogens with zero attached hydrogens (tertiary/aromatic N) is 2. The van der Waals surface area contributed by atoms with Crippen LogP contribution in [0.2, 0.25) is 0 Å². The molecule has 1 saturated heterocycles. The smallest absolute Gasteiger partial charge is 0.257 e. The second-order valence-electron chi connectivity index (χ2n) is 7.90. The molecule has 0 aromatic heterocycles. The molecule has 1 unspecified atom stereocenters. The van der Waals surface area contributed by atoms with Crippen LogP contribution < -0.4 is 10.0 Å². The largest absolute Gasteiger partial charge is 0.330 e. The number of primary sulfonamides is 1. The van der Waals surface area contributed by atoms with Crippen molar-refractivity contribution < 1.29 is 22.8 Å². The highest BCUT2D eigenvalue weighted by molar-refractivity contribution is 7.89. The number of rotatable bonds is 8. The molecule has 1 fully saturated rings. The van der Waals surface area contributed by atoms with E-state index in [-0.39, 0.29) is 36.1 Å². The van der Waals surface area contributed by atoms with E-state index in [2.05, 4.69) is 0 Å². The fourth-order valence-corrected chi connectivity index (χ4v) is 4.25. The first-order valence-corrected chi connectivity index (χ1v) is 12.0. The molecule has 1 atom stereocenters. The van der Waals surface area contributed by atoms with E-state index in [0.717, 1.165) is 16.0 Å². The molecule has 3 amide bonds. The second-order valence-corrected chi connectivity index (χ2v) is 9.46. The van der Waals surface area contributed by atoms with Gasteiger partial charge in [0.2, 0.25) is 21.8 Å². The average Bonchev–Trinajstić information content (AvgIpc) is 3.03. The average molecular weight is 458 g/mol. The fourth-order valence-electron chi connectivity index (χ4n) is 3.73. The lowest BCUT2D eigenvalue weighted by molar-refractivity contribution is -0.138. The van der Waals surface area contributed by atoms with Gasteiger partial charge in [0.25, 0.3) is 5.91 Å². The zero-order valence-corrected chi connectivity index (χ0v) is 19.0. The van der Waals surface area contributed by atoms with E-state index in [4.69, 9.17) is 5.14 Å². The summed E-state index contributed by atoms with van der Waals surface area (Å²) in [5, 5.41) is 5.13. The van der Waals surface area contributed by atoms with Gasteiger partial charge in [0.15, 0.2) is 0 Å². The van der Waals surface area contributed by atoms with E-state index in [1.165, 1.54) is 17.0 Å². The molecule has 2 aromatic rings. The SMILES string of the molecule is CCCC(=O)N(CCc1ccc(S(N)(=O)=O)cc1)C1CC(=O)N(c2ccc(C)cc2)C1=O. The number of hydrogen-bond donors (Lipinski definition) is 1. The Kier molecular flexibility index (Phi) is 7.10. The Morgan fingerprint density at radius 2 is 1.72 bits per heavy atom. The standard InChI is InChI=1S/C23H27N3O5S/c1-3-4-21(27)25(14-13-17-7-11-19(12-8-17)32(24,30)31)20-15-22(28)26(23(20)29)18-9-5-16(2)6-10-18/h5-12,20H,3-4,13-15H2,1-2H3,(H2,24,30,31). The molecule has 3 rings (SSSR count). The van der Waals surface area contributed by atoms with Crippen LogP contribution in [-0.2, 0) is 30.8 Å². The third-order valence-corrected chi connectivity index (χ3v) is 6.40. The highest BCUT2D eigenvalue weighted by Crippen LogP contribution is 2.27. The monoisotopic (exact) mass is 457 g/mol. The van der Waals surface area contributed by atoms with Crippen LogP contribution in [0.25, 0.3) is 0 Å². The second kappa shape index (κ2) is 9.62. The van der Waals surface area contributed by atoms with Crippen LogP contribution in [0.4, 0.5) is 5.69 Å². The Morgan fingerprint density at radius 1 is 1.09 bits per heavy atom. The van der Waals surface area contributed by atoms with Gasteiger partial charge < -0.3 is 4.90 Å². The number of anilines is 1. The summed E-state index contributed by atoms with van der Waals surface area (Å²) in [5.74, 6) is -0.936. The van der Waals surface area contributed by atoms with Crippen LogP contribution >= 0.6 is 0 Å². The van der Waals surface area contributed by atoms with Crippen LogP contribution in [0.15, 0.2) is 53.4 Å². The molecule has 0 spiro atoms. The van der Waals surface area contributed by atoms with Crippen molar-refractivity contribution >= 4 is 33.4 Å². The maximum atomic E-state index is 13.1. The predicted octanol–water partition coefficient (Wildman–Crippen LogP) is 2.15. The first-order chi connectivity index (χ1) is 15.1. The fraction of sp³-hybridized carbons (Fsp3) is 0.348. The molecule has 0 saturated carbocycles. The predicted molar refractivity (Wildman–Crippen MR) is 120 cm³/mol. The van der Waals surface area contributed by atoms with Crippen LogP contribution in [-0.4, -0.2) is 43.6 Å². The van der Waals surface area contributed by atoms with Crippen molar-refractivity contribution in [2.24, 2.45) is 5.14 Å². The van der Waals surface area contributed by atoms with Crippen molar-refractivity contribution in [2.45, 2.75) is 50.5 Å². The summed E-state index contributed by atoms with van der Waals surface area (Å²) in [6.45, 7) is 4.03. The van der Waals surface area contributed by atoms with Gasteiger partial charge in [-0.15, -0.1) is 0 Å². The lowest BCUT2D eigenvalue weighted by atomic mass is 10.1. The van der Waals surface area contributed by atoms with Gasteiger partial charge in [-0.1, -0.05) is 36.8 Å². The van der Waals surface area contributed by atoms with Crippen molar-refractivity contribution in [3.63, 3.8) is 0 Å². The quantitative estimate of drug-likeness (QED) is 0.610. The van der Waals surface area contributed by atoms with Gasteiger partial charge in [-0.2, -0.15) is 0 Å². The topological polar surface area (TPSA) is 118 Å². The van der Waals surface area contributed by atoms with Gasteiger partial charge in [-0.3, -0.25) is 14.4 Å². The Bertz CT molecular complexity index is 1110. The molecule has 0 aliphatic carbocycles. The highest BCUT2D eigenvalue weighted by Gasteiger charge is 2.44. The summed E-state index contributed by atoms with van der Waals surface area (Å²) >= 11 is 0. The van der Waals surface area contributed by atoms with Gasteiger partial charge in [0.1, 0.15) is 6.04 Å². The van der Waals surface area contributed by atoms with Crippen molar-refractivity contribution in [2.75, 3.05) is 11.4 Å². The minimum atomic E-state index is -3.79. The summed E-state index contributed by atoms with van der Waals surface area (Å²) in [6.07, 6.45) is 1.23. The zero-order valence-electron chi connectivity index (χ0n) is 18.2. The van der Waals surface area contributed by atoms with E-state index in [9.17, 15) is 22.8 Å². The van der Waals surface area contributed by atoms with Crippen LogP contribution in [0.5, 0.6) is 0 Å². The Labute approximate surface area is 188 Å². The van der Waals surface area contributed by atoms with E-state index >= 15 is 0 Å². The Balaban J connectivity index is 1.79. The molecule has 0 bridgehead atoms. The lowest BCUT2D eigenvalue weighted by Gasteiger charge is -2.28. The summed E-state index contributed by atoms with van der Waals surface area (Å²) in [7, 11) is -3.79. The molecular weight excluding hydrogens is 430 g/mol. The van der Waals surface area contributed by atoms with Crippen LogP contribution in [0.3, 0.4) is 0 Å². The zero-order chi connectivity index (χ0) is 23.5. The summed E-state index contributed by atoms with van der Waals surface area (Å²) in [4.78, 5) is 41.3. The van der Waals surface area contributed by atoms with Gasteiger partial charge in [-0.05, 0) is 49.6 Å². The molecule has 2 aromatic carbocycles. The van der Waals surface area contributed by atoms with Crippen molar-refractivity contribution in [1.29, 1.82) is 0 Å². The molecule has 1 heterocycles. The molecule has 9 heteroatoms. The summed E-state index contributed by atoms with van der Waals surface area (Å²) in [6, 6.07) is 12.3. The minimum Gasteiger partial charge on any atom is -0.330 e. The van der Waals surface area contributed by atoms with E-state index in [1.807, 2.05) is 26.0 Å². The number of nitrogens with two attached hydrogens (primary N) is 1. The molecule has 170 valence electrons. The van der Waals surface area contributed by atoms with Crippen molar-refractivity contribution in [3.8, 4) is 0 Å². The van der Waals surface area contributed by atoms with Gasteiger partial charge in [-0.25, -0.2) is 18.5 Å². The molecule has 1 aliphatic rings. The minimum absolute atomic E-state index is 0.00507. The molecule has 0 radical (unpaired) electrons. The number of amides is 3. The first-order valence-electron chi connectivity index (χ1n) is 10.5. The number of imide groups is 1. The summed E-state index contributed by atoms with van der Waals surface area (Å²) < 4.78 is 22.9. The maximum Gasteiger partial charge on any atom is 0.257 e. The number of hydrogen-bond acceptors (Lipinski definition) is 5. The first kappa shape index (κ1) is 23.6. The number of sulfonamides is 1. The van der Waals surface area contributed by atoms with Crippen LogP contribution in [0, 0.1) is 6.92 Å². The molecule has 1 aliphatic heterocycles. The highest BCUT2D eigenvalue weighted by atomic mass is 32.2. The Hall–Kier alpha value is -3.04. The maximum absolute atomic E-state index is 13.1. The van der Waals surface area contributed by atoms with Crippen molar-refractivity contribution in [1.82, 2.24) is 4.90 Å². The molecule has 2 N–H and O–H groups in total. The number of carbonyl (C=O) groups is 3. The molecule has 8 nitrogen and oxygen atoms in total. The number of benzene rings is 2. The number of carbonyl (C=O) groups excluding carboxylic acids is 3. The third kappa shape index (κ3) is 5.23. The van der Waals surface area contributed by atoms with Gasteiger partial charge in [0.05, 0.1) is 17.0 Å². The normalized spacial score (nSPS) is 16.5. The molecule has 32 heavy (non-hydrogen) atoms. The van der Waals surface area contributed by atoms with E-state index < -0.39 is 22.0 Å². The van der Waals surface area contributed by atoms with E-state index in [0.29, 0.717) is 18.5 Å². The third-order valence-electron chi connectivity index (χ3n) is 5.47. The Morgan fingerprint density at radius 3 is 2.28 bits per heavy atom. The lowest BCUT2D eigenvalue weighted by Crippen LogP contribution is -2.46. The van der Waals surface area contributed by atoms with Crippen LogP contribution in [0.1, 0.15) is 37.3 Å². The summed E-state index contributed by atoms with van der Waals surface area (Å²) in [5.41, 5.74) is 2.30. The van der Waals surface area contributed by atoms with Gasteiger partial charge in [0, 0.05) is 13.0 Å². The van der Waals surface area contributed by atoms with Crippen molar-refractivity contribution in [3.05, 3.63) is 59.7 Å². The van der Waals surface area contributed by atoms with Gasteiger partial charge >= 0.3 is 0 Å². The van der Waals surface area contributed by atoms with E-state index in [1.54, 1.807) is 24.3 Å².